The number of para-hydroxylation sites is 1. The van der Waals surface area contributed by atoms with Crippen LogP contribution in [0.4, 0.5) is 0 Å². The molecule has 3 unspecified atom stereocenters. The second-order valence-electron chi connectivity index (χ2n) is 6.80. The van der Waals surface area contributed by atoms with Crippen molar-refractivity contribution in [1.82, 2.24) is 15.6 Å². The molecular weight excluding hydrogens is 378 g/mol. The number of carbonyl (C=O) groups excluding carboxylic acids is 3. The summed E-state index contributed by atoms with van der Waals surface area (Å²) < 4.78 is 0. The number of carboxylic acids is 1. The first-order valence-corrected chi connectivity index (χ1v) is 9.11. The van der Waals surface area contributed by atoms with Gasteiger partial charge in [0.25, 0.3) is 0 Å². The molecule has 1 heterocycles. The van der Waals surface area contributed by atoms with E-state index in [0.717, 1.165) is 16.5 Å². The van der Waals surface area contributed by atoms with Crippen LogP contribution in [0.1, 0.15) is 25.3 Å². The summed E-state index contributed by atoms with van der Waals surface area (Å²) in [4.78, 5) is 50.1. The van der Waals surface area contributed by atoms with Gasteiger partial charge < -0.3 is 32.2 Å². The molecule has 10 nitrogen and oxygen atoms in total. The molecule has 1 aromatic heterocycles. The fourth-order valence-corrected chi connectivity index (χ4v) is 2.81. The highest BCUT2D eigenvalue weighted by atomic mass is 16.4. The molecular formula is C19H25N5O5. The molecule has 1 aromatic carbocycles. The van der Waals surface area contributed by atoms with Crippen molar-refractivity contribution in [2.75, 3.05) is 0 Å². The Morgan fingerprint density at radius 2 is 1.83 bits per heavy atom. The smallest absolute Gasteiger partial charge is 0.325 e. The number of nitrogens with one attached hydrogen (secondary N) is 3. The minimum Gasteiger partial charge on any atom is -0.480 e. The lowest BCUT2D eigenvalue weighted by Crippen LogP contribution is -2.54. The van der Waals surface area contributed by atoms with E-state index in [-0.39, 0.29) is 19.3 Å². The number of carboxylic acid groups (broad SMARTS) is 1. The highest BCUT2D eigenvalue weighted by molar-refractivity contribution is 5.93. The molecule has 0 spiro atoms. The molecule has 0 saturated heterocycles. The summed E-state index contributed by atoms with van der Waals surface area (Å²) in [6.45, 7) is 1.32. The molecule has 0 aliphatic heterocycles. The van der Waals surface area contributed by atoms with Crippen LogP contribution in [0.25, 0.3) is 10.9 Å². The van der Waals surface area contributed by atoms with Crippen LogP contribution in [0.3, 0.4) is 0 Å². The van der Waals surface area contributed by atoms with E-state index in [2.05, 4.69) is 15.6 Å². The number of hydrogen-bond donors (Lipinski definition) is 6. The van der Waals surface area contributed by atoms with Crippen molar-refractivity contribution >= 4 is 34.6 Å². The first-order chi connectivity index (χ1) is 13.7. The van der Waals surface area contributed by atoms with Gasteiger partial charge in [-0.05, 0) is 25.0 Å². The van der Waals surface area contributed by atoms with Crippen molar-refractivity contribution in [3.05, 3.63) is 36.0 Å². The van der Waals surface area contributed by atoms with Crippen LogP contribution in [0.15, 0.2) is 30.5 Å². The Morgan fingerprint density at radius 3 is 2.48 bits per heavy atom. The zero-order valence-electron chi connectivity index (χ0n) is 16.0. The van der Waals surface area contributed by atoms with Gasteiger partial charge in [-0.1, -0.05) is 18.2 Å². The zero-order chi connectivity index (χ0) is 21.6. The van der Waals surface area contributed by atoms with E-state index in [1.54, 1.807) is 6.20 Å². The third-order valence-electron chi connectivity index (χ3n) is 4.50. The lowest BCUT2D eigenvalue weighted by Gasteiger charge is -2.21. The molecule has 8 N–H and O–H groups in total. The molecule has 3 amide bonds. The largest absolute Gasteiger partial charge is 0.480 e. The van der Waals surface area contributed by atoms with Crippen LogP contribution in [-0.4, -0.2) is 51.9 Å². The van der Waals surface area contributed by atoms with Crippen molar-refractivity contribution < 1.29 is 24.3 Å². The van der Waals surface area contributed by atoms with E-state index < -0.39 is 41.8 Å². The third kappa shape index (κ3) is 6.04. The number of aliphatic carboxylic acids is 1. The Labute approximate surface area is 167 Å². The van der Waals surface area contributed by atoms with Gasteiger partial charge in [0, 0.05) is 29.9 Å². The van der Waals surface area contributed by atoms with E-state index in [1.807, 2.05) is 24.3 Å². The summed E-state index contributed by atoms with van der Waals surface area (Å²) in [5.74, 6) is -3.07. The molecule has 156 valence electrons. The van der Waals surface area contributed by atoms with E-state index >= 15 is 0 Å². The van der Waals surface area contributed by atoms with Crippen LogP contribution in [0.2, 0.25) is 0 Å². The molecule has 10 heteroatoms. The van der Waals surface area contributed by atoms with Gasteiger partial charge in [0.15, 0.2) is 0 Å². The summed E-state index contributed by atoms with van der Waals surface area (Å²) in [7, 11) is 0. The van der Waals surface area contributed by atoms with Crippen LogP contribution in [0, 0.1) is 0 Å². The van der Waals surface area contributed by atoms with E-state index in [0.29, 0.717) is 0 Å². The highest BCUT2D eigenvalue weighted by Gasteiger charge is 2.27. The number of rotatable bonds is 10. The maximum absolute atomic E-state index is 12.6. The molecule has 0 aliphatic rings. The third-order valence-corrected chi connectivity index (χ3v) is 4.50. The summed E-state index contributed by atoms with van der Waals surface area (Å²) in [6, 6.07) is 4.24. The van der Waals surface area contributed by atoms with Crippen molar-refractivity contribution in [3.8, 4) is 0 Å². The predicted molar refractivity (Wildman–Crippen MR) is 106 cm³/mol. The van der Waals surface area contributed by atoms with Gasteiger partial charge in [-0.3, -0.25) is 19.2 Å². The fourth-order valence-electron chi connectivity index (χ4n) is 2.81. The van der Waals surface area contributed by atoms with Crippen molar-refractivity contribution in [1.29, 1.82) is 0 Å². The number of H-pyrrole nitrogens is 1. The number of benzene rings is 1. The van der Waals surface area contributed by atoms with Crippen molar-refractivity contribution in [2.45, 2.75) is 44.3 Å². The van der Waals surface area contributed by atoms with Gasteiger partial charge in [0.2, 0.25) is 17.7 Å². The van der Waals surface area contributed by atoms with Gasteiger partial charge in [-0.25, -0.2) is 0 Å². The summed E-state index contributed by atoms with van der Waals surface area (Å²) >= 11 is 0. The minimum absolute atomic E-state index is 0.0358. The van der Waals surface area contributed by atoms with Gasteiger partial charge in [-0.15, -0.1) is 0 Å². The van der Waals surface area contributed by atoms with Crippen LogP contribution >= 0.6 is 0 Å². The minimum atomic E-state index is -1.20. The molecule has 29 heavy (non-hydrogen) atoms. The standard InChI is InChI=1S/C19H25N5O5/c1-10(19(28)29)23-18(27)15(24-17(26)13(20)6-7-16(21)25)8-11-9-22-14-5-3-2-4-12(11)14/h2-5,9-10,13,15,22H,6-8,20H2,1H3,(H2,21,25)(H,23,27)(H,24,26)(H,28,29). The monoisotopic (exact) mass is 403 g/mol. The Hall–Kier alpha value is -3.40. The van der Waals surface area contributed by atoms with Crippen molar-refractivity contribution in [2.24, 2.45) is 11.5 Å². The molecule has 3 atom stereocenters. The van der Waals surface area contributed by atoms with Crippen LogP contribution < -0.4 is 22.1 Å². The van der Waals surface area contributed by atoms with Gasteiger partial charge >= 0.3 is 5.97 Å². The average molecular weight is 403 g/mol. The van der Waals surface area contributed by atoms with Crippen LogP contribution in [0.5, 0.6) is 0 Å². The SMILES string of the molecule is CC(NC(=O)C(Cc1c[nH]c2ccccc12)NC(=O)C(N)CCC(N)=O)C(=O)O. The van der Waals surface area contributed by atoms with Crippen molar-refractivity contribution in [3.63, 3.8) is 0 Å². The Bertz CT molecular complexity index is 909. The highest BCUT2D eigenvalue weighted by Crippen LogP contribution is 2.19. The number of aromatic amines is 1. The molecule has 0 bridgehead atoms. The van der Waals surface area contributed by atoms with E-state index in [4.69, 9.17) is 16.6 Å². The van der Waals surface area contributed by atoms with Crippen LogP contribution in [-0.2, 0) is 25.6 Å². The zero-order valence-corrected chi connectivity index (χ0v) is 16.0. The normalized spacial score (nSPS) is 14.0. The Morgan fingerprint density at radius 1 is 1.14 bits per heavy atom. The quantitative estimate of drug-likeness (QED) is 0.307. The maximum Gasteiger partial charge on any atom is 0.325 e. The molecule has 2 rings (SSSR count). The first kappa shape index (κ1) is 21.9. The Balaban J connectivity index is 2.18. The van der Waals surface area contributed by atoms with E-state index in [1.165, 1.54) is 6.92 Å². The number of fused-ring (bicyclic) bond motifs is 1. The molecule has 0 fully saturated rings. The summed E-state index contributed by atoms with van der Waals surface area (Å²) in [5, 5.41) is 14.8. The summed E-state index contributed by atoms with van der Waals surface area (Å²) in [6.07, 6.45) is 1.82. The lowest BCUT2D eigenvalue weighted by atomic mass is 10.0. The number of aromatic nitrogens is 1. The fraction of sp³-hybridized carbons (Fsp3) is 0.368. The number of primary amides is 1. The molecule has 0 saturated carbocycles. The van der Waals surface area contributed by atoms with Gasteiger partial charge in [0.1, 0.15) is 12.1 Å². The number of amides is 3. The number of hydrogen-bond acceptors (Lipinski definition) is 5. The topological polar surface area (TPSA) is 180 Å². The predicted octanol–water partition coefficient (Wildman–Crippen LogP) is -0.623. The van der Waals surface area contributed by atoms with Gasteiger partial charge in [-0.2, -0.15) is 0 Å². The molecule has 0 radical (unpaired) electrons. The summed E-state index contributed by atoms with van der Waals surface area (Å²) in [5.41, 5.74) is 12.5. The second kappa shape index (κ2) is 9.69. The Kier molecular flexibility index (Phi) is 7.32. The second-order valence-corrected chi connectivity index (χ2v) is 6.80. The molecule has 2 aromatic rings. The number of nitrogens with two attached hydrogens (primary N) is 2. The average Bonchev–Trinajstić information content (AvgIpc) is 3.08. The maximum atomic E-state index is 12.6. The van der Waals surface area contributed by atoms with Gasteiger partial charge in [0.05, 0.1) is 6.04 Å². The molecule has 0 aliphatic carbocycles. The lowest BCUT2D eigenvalue weighted by molar-refractivity contribution is -0.141. The van der Waals surface area contributed by atoms with E-state index in [9.17, 15) is 19.2 Å². The number of carbonyl (C=O) groups is 4. The first-order valence-electron chi connectivity index (χ1n) is 9.11.